The quantitative estimate of drug-likeness (QED) is 0.820. The second-order valence-corrected chi connectivity index (χ2v) is 5.26. The summed E-state index contributed by atoms with van der Waals surface area (Å²) < 4.78 is 16.1. The Morgan fingerprint density at radius 3 is 2.53 bits per heavy atom. The van der Waals surface area contributed by atoms with Gasteiger partial charge in [0.25, 0.3) is 0 Å². The number of fused-ring (bicyclic) bond motifs is 2. The second kappa shape index (κ2) is 4.53. The average molecular weight is 262 g/mol. The molecular formula is C15H18O4. The lowest BCUT2D eigenvalue weighted by Crippen LogP contribution is -2.32. The second-order valence-electron chi connectivity index (χ2n) is 5.26. The van der Waals surface area contributed by atoms with E-state index in [0.717, 1.165) is 11.1 Å². The van der Waals surface area contributed by atoms with Gasteiger partial charge in [-0.15, -0.1) is 0 Å². The Bertz CT molecular complexity index is 523. The monoisotopic (exact) mass is 262 g/mol. The molecule has 0 N–H and O–H groups in total. The van der Waals surface area contributed by atoms with Crippen LogP contribution in [-0.2, 0) is 4.74 Å². The highest BCUT2D eigenvalue weighted by Crippen LogP contribution is 2.45. The van der Waals surface area contributed by atoms with E-state index < -0.39 is 0 Å². The first-order valence-corrected chi connectivity index (χ1v) is 6.55. The molecule has 0 saturated carbocycles. The van der Waals surface area contributed by atoms with Gasteiger partial charge in [-0.1, -0.05) is 6.92 Å². The van der Waals surface area contributed by atoms with Gasteiger partial charge in [-0.2, -0.15) is 0 Å². The van der Waals surface area contributed by atoms with Gasteiger partial charge in [0.1, 0.15) is 0 Å². The molecule has 0 spiro atoms. The largest absolute Gasteiger partial charge is 0.493 e. The van der Waals surface area contributed by atoms with Gasteiger partial charge in [0, 0.05) is 11.5 Å². The molecule has 19 heavy (non-hydrogen) atoms. The molecule has 3 rings (SSSR count). The SMILES string of the molecule is COc1cc2c(cc1OC)[C@H](C)[C@H]1COC[C@H]1C2=O. The standard InChI is InChI=1S/C15H18O4/c1-8-9-4-13(17-2)14(18-3)5-10(9)15(16)12-7-19-6-11(8)12/h4-5,8,11-12H,6-7H2,1-3H3/t8-,11+,12+/m0/s1. The van der Waals surface area contributed by atoms with Crippen LogP contribution in [0.3, 0.4) is 0 Å². The van der Waals surface area contributed by atoms with Gasteiger partial charge in [0.05, 0.1) is 33.4 Å². The van der Waals surface area contributed by atoms with E-state index in [2.05, 4.69) is 6.92 Å². The predicted molar refractivity (Wildman–Crippen MR) is 70.1 cm³/mol. The fourth-order valence-electron chi connectivity index (χ4n) is 3.25. The van der Waals surface area contributed by atoms with Crippen molar-refractivity contribution in [3.8, 4) is 11.5 Å². The van der Waals surface area contributed by atoms with Crippen molar-refractivity contribution in [2.45, 2.75) is 12.8 Å². The summed E-state index contributed by atoms with van der Waals surface area (Å²) in [6.45, 7) is 3.37. The van der Waals surface area contributed by atoms with Crippen molar-refractivity contribution in [2.75, 3.05) is 27.4 Å². The van der Waals surface area contributed by atoms with Gasteiger partial charge in [0.15, 0.2) is 17.3 Å². The maximum atomic E-state index is 12.5. The minimum atomic E-state index is 0.000557. The number of carbonyl (C=O) groups is 1. The molecule has 4 heteroatoms. The Labute approximate surface area is 112 Å². The summed E-state index contributed by atoms with van der Waals surface area (Å²) in [5, 5.41) is 0. The molecule has 1 aromatic rings. The minimum Gasteiger partial charge on any atom is -0.493 e. The molecule has 1 aliphatic carbocycles. The Hall–Kier alpha value is -1.55. The number of Topliss-reactive ketones (excluding diaryl/α,β-unsaturated/α-hetero) is 1. The van der Waals surface area contributed by atoms with E-state index in [0.29, 0.717) is 30.6 Å². The molecule has 3 atom stereocenters. The zero-order valence-corrected chi connectivity index (χ0v) is 11.4. The molecule has 1 saturated heterocycles. The zero-order valence-electron chi connectivity index (χ0n) is 11.4. The molecule has 4 nitrogen and oxygen atoms in total. The van der Waals surface area contributed by atoms with E-state index in [1.165, 1.54) is 0 Å². The summed E-state index contributed by atoms with van der Waals surface area (Å²) in [6, 6.07) is 3.74. The van der Waals surface area contributed by atoms with Crippen LogP contribution >= 0.6 is 0 Å². The molecule has 0 bridgehead atoms. The number of rotatable bonds is 2. The van der Waals surface area contributed by atoms with Crippen molar-refractivity contribution in [1.29, 1.82) is 0 Å². The normalized spacial score (nSPS) is 28.8. The van der Waals surface area contributed by atoms with Crippen molar-refractivity contribution in [2.24, 2.45) is 11.8 Å². The molecule has 0 aromatic heterocycles. The van der Waals surface area contributed by atoms with Crippen LogP contribution in [0.2, 0.25) is 0 Å². The Balaban J connectivity index is 2.14. The lowest BCUT2D eigenvalue weighted by atomic mass is 9.70. The third-order valence-corrected chi connectivity index (χ3v) is 4.42. The fourth-order valence-corrected chi connectivity index (χ4v) is 3.25. The van der Waals surface area contributed by atoms with Gasteiger partial charge in [-0.05, 0) is 23.6 Å². The van der Waals surface area contributed by atoms with Crippen LogP contribution in [0, 0.1) is 11.8 Å². The molecule has 0 unspecified atom stereocenters. The number of ether oxygens (including phenoxy) is 3. The van der Waals surface area contributed by atoms with Crippen molar-refractivity contribution < 1.29 is 19.0 Å². The number of benzene rings is 1. The van der Waals surface area contributed by atoms with E-state index >= 15 is 0 Å². The van der Waals surface area contributed by atoms with Gasteiger partial charge in [-0.3, -0.25) is 4.79 Å². The predicted octanol–water partition coefficient (Wildman–Crippen LogP) is 2.27. The number of ketones is 1. The van der Waals surface area contributed by atoms with Crippen molar-refractivity contribution in [1.82, 2.24) is 0 Å². The third-order valence-electron chi connectivity index (χ3n) is 4.42. The van der Waals surface area contributed by atoms with Gasteiger partial charge in [-0.25, -0.2) is 0 Å². The maximum Gasteiger partial charge on any atom is 0.169 e. The Kier molecular flexibility index (Phi) is 2.97. The van der Waals surface area contributed by atoms with E-state index in [-0.39, 0.29) is 17.6 Å². The smallest absolute Gasteiger partial charge is 0.169 e. The molecule has 1 heterocycles. The molecule has 102 valence electrons. The van der Waals surface area contributed by atoms with E-state index in [1.807, 2.05) is 12.1 Å². The highest BCUT2D eigenvalue weighted by molar-refractivity contribution is 6.01. The molecule has 0 radical (unpaired) electrons. The van der Waals surface area contributed by atoms with E-state index in [4.69, 9.17) is 14.2 Å². The number of methoxy groups -OCH3 is 2. The highest BCUT2D eigenvalue weighted by Gasteiger charge is 2.44. The van der Waals surface area contributed by atoms with Crippen LogP contribution in [0.25, 0.3) is 0 Å². The average Bonchev–Trinajstić information content (AvgIpc) is 2.93. The number of hydrogen-bond acceptors (Lipinski definition) is 4. The lowest BCUT2D eigenvalue weighted by Gasteiger charge is -2.31. The van der Waals surface area contributed by atoms with Crippen molar-refractivity contribution >= 4 is 5.78 Å². The molecule has 1 fully saturated rings. The Morgan fingerprint density at radius 2 is 1.84 bits per heavy atom. The first-order chi connectivity index (χ1) is 9.17. The summed E-state index contributed by atoms with van der Waals surface area (Å²) in [4.78, 5) is 12.5. The molecule has 0 amide bonds. The van der Waals surface area contributed by atoms with Crippen LogP contribution in [0.5, 0.6) is 11.5 Å². The molecule has 2 aliphatic rings. The summed E-state index contributed by atoms with van der Waals surface area (Å²) in [5.74, 6) is 2.06. The third kappa shape index (κ3) is 1.74. The van der Waals surface area contributed by atoms with Crippen molar-refractivity contribution in [3.05, 3.63) is 23.3 Å². The first-order valence-electron chi connectivity index (χ1n) is 6.55. The van der Waals surface area contributed by atoms with Crippen LogP contribution < -0.4 is 9.47 Å². The maximum absolute atomic E-state index is 12.5. The van der Waals surface area contributed by atoms with Gasteiger partial charge in [0.2, 0.25) is 0 Å². The van der Waals surface area contributed by atoms with E-state index in [9.17, 15) is 4.79 Å². The van der Waals surface area contributed by atoms with Gasteiger partial charge >= 0.3 is 0 Å². The van der Waals surface area contributed by atoms with E-state index in [1.54, 1.807) is 14.2 Å². The van der Waals surface area contributed by atoms with Crippen molar-refractivity contribution in [3.63, 3.8) is 0 Å². The summed E-state index contributed by atoms with van der Waals surface area (Å²) in [5.41, 5.74) is 1.81. The molecule has 1 aliphatic heterocycles. The van der Waals surface area contributed by atoms with Gasteiger partial charge < -0.3 is 14.2 Å². The molecule has 1 aromatic carbocycles. The first kappa shape index (κ1) is 12.5. The topological polar surface area (TPSA) is 44.8 Å². The lowest BCUT2D eigenvalue weighted by molar-refractivity contribution is 0.0862. The van der Waals surface area contributed by atoms with Crippen LogP contribution in [0.1, 0.15) is 28.8 Å². The highest BCUT2D eigenvalue weighted by atomic mass is 16.5. The number of carbonyl (C=O) groups excluding carboxylic acids is 1. The number of hydrogen-bond donors (Lipinski definition) is 0. The minimum absolute atomic E-state index is 0.000557. The Morgan fingerprint density at radius 1 is 1.16 bits per heavy atom. The van der Waals surface area contributed by atoms with Crippen LogP contribution in [0.15, 0.2) is 12.1 Å². The molecular weight excluding hydrogens is 244 g/mol. The fraction of sp³-hybridized carbons (Fsp3) is 0.533. The van der Waals surface area contributed by atoms with Crippen LogP contribution in [0.4, 0.5) is 0 Å². The summed E-state index contributed by atoms with van der Waals surface area (Å²) >= 11 is 0. The zero-order chi connectivity index (χ0) is 13.6. The summed E-state index contributed by atoms with van der Waals surface area (Å²) in [7, 11) is 3.20. The summed E-state index contributed by atoms with van der Waals surface area (Å²) in [6.07, 6.45) is 0. The van der Waals surface area contributed by atoms with Crippen LogP contribution in [-0.4, -0.2) is 33.2 Å².